The van der Waals surface area contributed by atoms with Gasteiger partial charge < -0.3 is 0 Å². The van der Waals surface area contributed by atoms with Crippen molar-refractivity contribution < 1.29 is 9.63 Å². The van der Waals surface area contributed by atoms with Gasteiger partial charge in [0.05, 0.1) is 0 Å². The summed E-state index contributed by atoms with van der Waals surface area (Å²) in [6.45, 7) is 11.1. The van der Waals surface area contributed by atoms with Crippen molar-refractivity contribution in [2.45, 2.75) is 83.4 Å². The number of hydrogen-bond acceptors (Lipinski definition) is 3. The van der Waals surface area contributed by atoms with Crippen LogP contribution in [0.25, 0.3) is 0 Å². The van der Waals surface area contributed by atoms with Gasteiger partial charge in [0.2, 0.25) is 0 Å². The van der Waals surface area contributed by atoms with Crippen LogP contribution in [-0.2, 0) is 4.84 Å². The first-order valence-corrected chi connectivity index (χ1v) is 8.83. The van der Waals surface area contributed by atoms with Crippen LogP contribution in [0, 0.1) is 0 Å². The van der Waals surface area contributed by atoms with Gasteiger partial charge in [-0.05, 0) is 64.9 Å². The molecule has 1 fully saturated rings. The Morgan fingerprint density at radius 1 is 1.09 bits per heavy atom. The molecule has 3 nitrogen and oxygen atoms in total. The van der Waals surface area contributed by atoms with Crippen LogP contribution in [0.15, 0.2) is 24.3 Å². The third kappa shape index (κ3) is 2.97. The minimum atomic E-state index is -0.364. The number of fused-ring (bicyclic) bond motifs is 1. The van der Waals surface area contributed by atoms with E-state index in [-0.39, 0.29) is 23.0 Å². The van der Waals surface area contributed by atoms with Gasteiger partial charge >= 0.3 is 0 Å². The summed E-state index contributed by atoms with van der Waals surface area (Å²) in [6.07, 6.45) is 3.81. The van der Waals surface area contributed by atoms with Crippen molar-refractivity contribution in [1.82, 2.24) is 5.06 Å². The monoisotopic (exact) mass is 315 g/mol. The van der Waals surface area contributed by atoms with Gasteiger partial charge in [-0.3, -0.25) is 9.63 Å². The molecule has 1 saturated heterocycles. The topological polar surface area (TPSA) is 29.5 Å². The summed E-state index contributed by atoms with van der Waals surface area (Å²) in [5, 5.41) is 2.12. The molecular weight excluding hydrogens is 286 g/mol. The molecule has 0 N–H and O–H groups in total. The van der Waals surface area contributed by atoms with Gasteiger partial charge in [0.15, 0.2) is 5.78 Å². The molecule has 0 unspecified atom stereocenters. The molecule has 1 aliphatic carbocycles. The van der Waals surface area contributed by atoms with E-state index in [2.05, 4.69) is 45.7 Å². The fourth-order valence-corrected chi connectivity index (χ4v) is 4.36. The molecule has 0 bridgehead atoms. The van der Waals surface area contributed by atoms with E-state index in [1.807, 2.05) is 18.2 Å². The van der Waals surface area contributed by atoms with Gasteiger partial charge in [0.25, 0.3) is 0 Å². The SMILES string of the molecule is C[C@H]1C[C@H](ON2C(C)(C)CCCC2(C)C)C(=O)c2ccccc21. The molecule has 2 atom stereocenters. The third-order valence-corrected chi connectivity index (χ3v) is 5.53. The molecule has 3 rings (SSSR count). The molecule has 0 spiro atoms. The average Bonchev–Trinajstić information content (AvgIpc) is 2.47. The van der Waals surface area contributed by atoms with Crippen LogP contribution in [0.4, 0.5) is 0 Å². The van der Waals surface area contributed by atoms with E-state index < -0.39 is 0 Å². The lowest BCUT2D eigenvalue weighted by atomic mass is 9.80. The fraction of sp³-hybridized carbons (Fsp3) is 0.650. The summed E-state index contributed by atoms with van der Waals surface area (Å²) < 4.78 is 0. The van der Waals surface area contributed by atoms with Crippen LogP contribution in [0.2, 0.25) is 0 Å². The maximum absolute atomic E-state index is 12.9. The zero-order chi connectivity index (χ0) is 16.8. The van der Waals surface area contributed by atoms with Gasteiger partial charge in [-0.25, -0.2) is 0 Å². The maximum atomic E-state index is 12.9. The van der Waals surface area contributed by atoms with Gasteiger partial charge in [0.1, 0.15) is 6.10 Å². The maximum Gasteiger partial charge on any atom is 0.193 e. The predicted molar refractivity (Wildman–Crippen MR) is 92.5 cm³/mol. The fourth-order valence-electron chi connectivity index (χ4n) is 4.36. The number of rotatable bonds is 2. The van der Waals surface area contributed by atoms with Crippen LogP contribution in [0.1, 0.15) is 82.1 Å². The highest BCUT2D eigenvalue weighted by molar-refractivity contribution is 6.02. The van der Waals surface area contributed by atoms with Crippen LogP contribution in [-0.4, -0.2) is 28.0 Å². The number of nitrogens with zero attached hydrogens (tertiary/aromatic N) is 1. The molecule has 1 aromatic carbocycles. The first-order chi connectivity index (χ1) is 10.7. The molecule has 1 aromatic rings. The molecule has 126 valence electrons. The van der Waals surface area contributed by atoms with Crippen molar-refractivity contribution in [3.8, 4) is 0 Å². The van der Waals surface area contributed by atoms with Crippen LogP contribution >= 0.6 is 0 Å². The Kier molecular flexibility index (Phi) is 4.14. The van der Waals surface area contributed by atoms with E-state index >= 15 is 0 Å². The molecule has 1 aliphatic heterocycles. The molecule has 1 heterocycles. The zero-order valence-electron chi connectivity index (χ0n) is 15.1. The summed E-state index contributed by atoms with van der Waals surface area (Å²) >= 11 is 0. The Balaban J connectivity index is 1.87. The Bertz CT molecular complexity index is 589. The first kappa shape index (κ1) is 16.7. The number of carbonyl (C=O) groups is 1. The van der Waals surface area contributed by atoms with E-state index in [4.69, 9.17) is 4.84 Å². The van der Waals surface area contributed by atoms with Crippen LogP contribution < -0.4 is 0 Å². The van der Waals surface area contributed by atoms with Gasteiger partial charge in [0, 0.05) is 16.6 Å². The lowest BCUT2D eigenvalue weighted by molar-refractivity contribution is -0.296. The standard InChI is InChI=1S/C20H29NO2/c1-14-13-17(18(22)16-10-7-6-9-15(14)16)23-21-19(2,3)11-8-12-20(21,4)5/h6-7,9-10,14,17H,8,11-13H2,1-5H3/t14-,17-/m0/s1. The number of hydroxylamine groups is 2. The van der Waals surface area contributed by atoms with E-state index in [9.17, 15) is 4.79 Å². The zero-order valence-corrected chi connectivity index (χ0v) is 15.1. The van der Waals surface area contributed by atoms with Crippen molar-refractivity contribution in [2.24, 2.45) is 0 Å². The second-order valence-electron chi connectivity index (χ2n) is 8.46. The van der Waals surface area contributed by atoms with Gasteiger partial charge in [-0.1, -0.05) is 31.2 Å². The lowest BCUT2D eigenvalue weighted by Gasteiger charge is -2.52. The van der Waals surface area contributed by atoms with Crippen molar-refractivity contribution >= 4 is 5.78 Å². The van der Waals surface area contributed by atoms with Gasteiger partial charge in [-0.2, -0.15) is 5.06 Å². The number of Topliss-reactive ketones (excluding diaryl/α,β-unsaturated/α-hetero) is 1. The summed E-state index contributed by atoms with van der Waals surface area (Å²) in [7, 11) is 0. The quantitative estimate of drug-likeness (QED) is 0.791. The Morgan fingerprint density at radius 2 is 1.70 bits per heavy atom. The molecule has 0 saturated carbocycles. The average molecular weight is 315 g/mol. The Morgan fingerprint density at radius 3 is 2.35 bits per heavy atom. The number of piperidine rings is 1. The number of benzene rings is 1. The molecule has 3 heteroatoms. The van der Waals surface area contributed by atoms with Gasteiger partial charge in [-0.15, -0.1) is 0 Å². The second kappa shape index (κ2) is 5.71. The first-order valence-electron chi connectivity index (χ1n) is 8.83. The molecule has 0 radical (unpaired) electrons. The normalized spacial score (nSPS) is 30.0. The minimum absolute atomic E-state index is 0.0395. The highest BCUT2D eigenvalue weighted by Crippen LogP contribution is 2.41. The molecular formula is C20H29NO2. The Hall–Kier alpha value is -1.19. The Labute approximate surface area is 140 Å². The van der Waals surface area contributed by atoms with Crippen molar-refractivity contribution in [3.63, 3.8) is 0 Å². The summed E-state index contributed by atoms with van der Waals surface area (Å²) in [5.41, 5.74) is 1.92. The minimum Gasteiger partial charge on any atom is -0.291 e. The van der Waals surface area contributed by atoms with E-state index in [1.54, 1.807) is 0 Å². The lowest BCUT2D eigenvalue weighted by Crippen LogP contribution is -2.60. The number of ketones is 1. The van der Waals surface area contributed by atoms with E-state index in [0.717, 1.165) is 30.4 Å². The summed E-state index contributed by atoms with van der Waals surface area (Å²) in [4.78, 5) is 19.3. The highest BCUT2D eigenvalue weighted by atomic mass is 16.7. The third-order valence-electron chi connectivity index (χ3n) is 5.53. The largest absolute Gasteiger partial charge is 0.291 e. The molecule has 0 amide bonds. The molecule has 23 heavy (non-hydrogen) atoms. The van der Waals surface area contributed by atoms with Crippen LogP contribution in [0.3, 0.4) is 0 Å². The molecule has 2 aliphatic rings. The number of carbonyl (C=O) groups excluding carboxylic acids is 1. The van der Waals surface area contributed by atoms with Crippen molar-refractivity contribution in [2.75, 3.05) is 0 Å². The number of hydrogen-bond donors (Lipinski definition) is 0. The predicted octanol–water partition coefficient (Wildman–Crippen LogP) is 4.72. The van der Waals surface area contributed by atoms with Crippen LogP contribution in [0.5, 0.6) is 0 Å². The van der Waals surface area contributed by atoms with E-state index in [1.165, 1.54) is 6.42 Å². The molecule has 0 aromatic heterocycles. The second-order valence-corrected chi connectivity index (χ2v) is 8.46. The van der Waals surface area contributed by atoms with Crippen molar-refractivity contribution in [3.05, 3.63) is 35.4 Å². The summed E-state index contributed by atoms with van der Waals surface area (Å²) in [6, 6.07) is 7.97. The van der Waals surface area contributed by atoms with Crippen molar-refractivity contribution in [1.29, 1.82) is 0 Å². The smallest absolute Gasteiger partial charge is 0.193 e. The highest BCUT2D eigenvalue weighted by Gasteiger charge is 2.45. The van der Waals surface area contributed by atoms with E-state index in [0.29, 0.717) is 5.92 Å². The summed E-state index contributed by atoms with van der Waals surface area (Å²) in [5.74, 6) is 0.487.